The van der Waals surface area contributed by atoms with Crippen molar-refractivity contribution in [2.75, 3.05) is 0 Å². The predicted molar refractivity (Wildman–Crippen MR) is 177 cm³/mol. The van der Waals surface area contributed by atoms with Crippen LogP contribution >= 0.6 is 0 Å². The van der Waals surface area contributed by atoms with Gasteiger partial charge in [0.15, 0.2) is 12.2 Å². The Balaban J connectivity index is 1.42. The minimum Gasteiger partial charge on any atom is -0.478 e. The molecule has 0 atom stereocenters. The SMILES string of the molecule is CC1=C(C(=O)OC(c2cccnc2)c2cccnc2)C(c2ccc(C(=O)O)cc2)C(C(=O)OC(c2cccnc2)c2cccnc2)=C(C)N1. The molecule has 0 amide bonds. The lowest BCUT2D eigenvalue weighted by atomic mass is 9.80. The van der Waals surface area contributed by atoms with E-state index in [4.69, 9.17) is 9.47 Å². The van der Waals surface area contributed by atoms with E-state index < -0.39 is 36.0 Å². The number of esters is 2. The van der Waals surface area contributed by atoms with Crippen LogP contribution in [-0.2, 0) is 19.1 Å². The zero-order valence-corrected chi connectivity index (χ0v) is 26.6. The number of carboxylic acids is 1. The van der Waals surface area contributed by atoms with Crippen molar-refractivity contribution in [2.45, 2.75) is 32.0 Å². The van der Waals surface area contributed by atoms with Gasteiger partial charge < -0.3 is 19.9 Å². The molecule has 0 spiro atoms. The fourth-order valence-corrected chi connectivity index (χ4v) is 5.81. The number of ether oxygens (including phenoxy) is 2. The molecule has 1 aromatic carbocycles. The van der Waals surface area contributed by atoms with Gasteiger partial charge in [-0.3, -0.25) is 19.9 Å². The van der Waals surface area contributed by atoms with Crippen LogP contribution in [0.15, 0.2) is 145 Å². The normalized spacial score (nSPS) is 13.3. The van der Waals surface area contributed by atoms with Crippen molar-refractivity contribution in [1.29, 1.82) is 0 Å². The highest BCUT2D eigenvalue weighted by molar-refractivity contribution is 6.00. The molecular weight excluding hydrogens is 622 g/mol. The fourth-order valence-electron chi connectivity index (χ4n) is 5.81. The Morgan fingerprint density at radius 1 is 0.612 bits per heavy atom. The summed E-state index contributed by atoms with van der Waals surface area (Å²) in [5, 5.41) is 12.8. The molecule has 11 nitrogen and oxygen atoms in total. The average Bonchev–Trinajstić information content (AvgIpc) is 3.13. The van der Waals surface area contributed by atoms with Crippen LogP contribution in [0.2, 0.25) is 0 Å². The number of nitrogens with one attached hydrogen (secondary N) is 1. The molecule has 49 heavy (non-hydrogen) atoms. The summed E-state index contributed by atoms with van der Waals surface area (Å²) in [7, 11) is 0. The third kappa shape index (κ3) is 7.10. The van der Waals surface area contributed by atoms with Crippen molar-refractivity contribution < 1.29 is 29.0 Å². The molecule has 244 valence electrons. The van der Waals surface area contributed by atoms with Gasteiger partial charge >= 0.3 is 17.9 Å². The van der Waals surface area contributed by atoms with Gasteiger partial charge in [-0.1, -0.05) is 36.4 Å². The molecular formula is C38H31N5O6. The van der Waals surface area contributed by atoms with E-state index >= 15 is 0 Å². The fraction of sp³-hybridized carbons (Fsp3) is 0.132. The molecule has 6 rings (SSSR count). The number of carboxylic acid groups (broad SMARTS) is 1. The largest absolute Gasteiger partial charge is 0.478 e. The van der Waals surface area contributed by atoms with Crippen LogP contribution in [0.1, 0.15) is 70.1 Å². The molecule has 0 bridgehead atoms. The Morgan fingerprint density at radius 2 is 0.980 bits per heavy atom. The van der Waals surface area contributed by atoms with Crippen LogP contribution in [0.4, 0.5) is 0 Å². The van der Waals surface area contributed by atoms with Gasteiger partial charge in [-0.2, -0.15) is 0 Å². The minimum atomic E-state index is -1.11. The van der Waals surface area contributed by atoms with Crippen molar-refractivity contribution in [3.8, 4) is 0 Å². The van der Waals surface area contributed by atoms with Crippen molar-refractivity contribution in [1.82, 2.24) is 25.3 Å². The van der Waals surface area contributed by atoms with E-state index in [0.717, 1.165) is 0 Å². The Morgan fingerprint density at radius 3 is 1.29 bits per heavy atom. The Hall–Kier alpha value is -6.49. The molecule has 0 radical (unpaired) electrons. The molecule has 0 unspecified atom stereocenters. The van der Waals surface area contributed by atoms with Crippen LogP contribution < -0.4 is 5.32 Å². The number of aromatic nitrogens is 4. The zero-order chi connectivity index (χ0) is 34.3. The number of allylic oxidation sites excluding steroid dienone is 2. The van der Waals surface area contributed by atoms with Crippen molar-refractivity contribution >= 4 is 17.9 Å². The predicted octanol–water partition coefficient (Wildman–Crippen LogP) is 5.87. The van der Waals surface area contributed by atoms with Crippen LogP contribution in [0, 0.1) is 0 Å². The molecule has 1 aliphatic heterocycles. The van der Waals surface area contributed by atoms with Crippen LogP contribution in [0.25, 0.3) is 0 Å². The third-order valence-corrected chi connectivity index (χ3v) is 8.09. The van der Waals surface area contributed by atoms with Gasteiger partial charge in [-0.15, -0.1) is 0 Å². The summed E-state index contributed by atoms with van der Waals surface area (Å²) in [5.41, 5.74) is 4.24. The van der Waals surface area contributed by atoms with E-state index in [1.54, 1.807) is 124 Å². The first-order valence-corrected chi connectivity index (χ1v) is 15.3. The lowest BCUT2D eigenvalue weighted by Crippen LogP contribution is -2.33. The molecule has 4 aromatic heterocycles. The topological polar surface area (TPSA) is 153 Å². The maximum atomic E-state index is 14.4. The monoisotopic (exact) mass is 653 g/mol. The molecule has 0 aliphatic carbocycles. The number of carbonyl (C=O) groups is 3. The molecule has 5 aromatic rings. The van der Waals surface area contributed by atoms with E-state index in [2.05, 4.69) is 25.3 Å². The summed E-state index contributed by atoms with van der Waals surface area (Å²) in [5.74, 6) is -3.51. The Labute approximate surface area is 282 Å². The molecule has 1 aliphatic rings. The number of rotatable bonds is 10. The third-order valence-electron chi connectivity index (χ3n) is 8.09. The number of nitrogens with zero attached hydrogens (tertiary/aromatic N) is 4. The summed E-state index contributed by atoms with van der Waals surface area (Å²) in [6.45, 7) is 3.44. The van der Waals surface area contributed by atoms with E-state index in [9.17, 15) is 19.5 Å². The molecule has 11 heteroatoms. The van der Waals surface area contributed by atoms with Gasteiger partial charge in [0.05, 0.1) is 22.6 Å². The van der Waals surface area contributed by atoms with Gasteiger partial charge in [0.1, 0.15) is 0 Å². The summed E-state index contributed by atoms with van der Waals surface area (Å²) >= 11 is 0. The Bertz CT molecular complexity index is 1820. The van der Waals surface area contributed by atoms with Crippen LogP contribution in [0.5, 0.6) is 0 Å². The standard InChI is InChI=1S/C38H31N5O6/c1-23-31(37(46)48-34(27-7-3-15-39-19-27)28-8-4-16-40-20-28)33(25-11-13-26(14-12-25)36(44)45)32(24(2)43-23)38(47)49-35(29-9-5-17-41-21-29)30-10-6-18-42-22-30/h3-22,33-35,43H,1-2H3,(H,44,45). The summed E-state index contributed by atoms with van der Waals surface area (Å²) in [6, 6.07) is 20.2. The number of dihydropyridines is 1. The summed E-state index contributed by atoms with van der Waals surface area (Å²) < 4.78 is 12.5. The van der Waals surface area contributed by atoms with Crippen molar-refractivity contribution in [2.24, 2.45) is 0 Å². The smallest absolute Gasteiger partial charge is 0.337 e. The molecule has 0 saturated carbocycles. The average molecular weight is 654 g/mol. The van der Waals surface area contributed by atoms with Gasteiger partial charge in [-0.05, 0) is 55.8 Å². The maximum absolute atomic E-state index is 14.4. The molecule has 5 heterocycles. The molecule has 2 N–H and O–H groups in total. The first-order valence-electron chi connectivity index (χ1n) is 15.3. The van der Waals surface area contributed by atoms with Gasteiger partial charge in [-0.25, -0.2) is 14.4 Å². The van der Waals surface area contributed by atoms with E-state index in [1.165, 1.54) is 12.1 Å². The highest BCUT2D eigenvalue weighted by Crippen LogP contribution is 2.41. The van der Waals surface area contributed by atoms with Gasteiger partial charge in [0, 0.05) is 83.2 Å². The van der Waals surface area contributed by atoms with E-state index in [1.807, 2.05) is 0 Å². The van der Waals surface area contributed by atoms with Crippen molar-refractivity contribution in [3.63, 3.8) is 0 Å². The van der Waals surface area contributed by atoms with Crippen LogP contribution in [0.3, 0.4) is 0 Å². The van der Waals surface area contributed by atoms with E-state index in [0.29, 0.717) is 39.2 Å². The second-order valence-corrected chi connectivity index (χ2v) is 11.3. The lowest BCUT2D eigenvalue weighted by Gasteiger charge is -2.32. The van der Waals surface area contributed by atoms with E-state index in [-0.39, 0.29) is 16.7 Å². The Kier molecular flexibility index (Phi) is 9.61. The summed E-state index contributed by atoms with van der Waals surface area (Å²) in [4.78, 5) is 57.4. The first kappa shape index (κ1) is 32.5. The number of pyridine rings is 4. The number of hydrogen-bond donors (Lipinski definition) is 2. The quantitative estimate of drug-likeness (QED) is 0.174. The number of aromatic carboxylic acids is 1. The molecule has 0 saturated heterocycles. The van der Waals surface area contributed by atoms with Gasteiger partial charge in [0.25, 0.3) is 0 Å². The highest BCUT2D eigenvalue weighted by Gasteiger charge is 2.40. The van der Waals surface area contributed by atoms with Crippen molar-refractivity contribution in [3.05, 3.63) is 178 Å². The number of hydrogen-bond acceptors (Lipinski definition) is 10. The zero-order valence-electron chi connectivity index (χ0n) is 26.6. The minimum absolute atomic E-state index is 0.0498. The highest BCUT2D eigenvalue weighted by atomic mass is 16.5. The number of benzene rings is 1. The lowest BCUT2D eigenvalue weighted by molar-refractivity contribution is -0.144. The first-order chi connectivity index (χ1) is 23.8. The second-order valence-electron chi connectivity index (χ2n) is 11.3. The molecule has 0 fully saturated rings. The van der Waals surface area contributed by atoms with Crippen LogP contribution in [-0.4, -0.2) is 43.0 Å². The number of carbonyl (C=O) groups excluding carboxylic acids is 2. The second kappa shape index (κ2) is 14.5. The summed E-state index contributed by atoms with van der Waals surface area (Å²) in [6.07, 6.45) is 11.2. The van der Waals surface area contributed by atoms with Gasteiger partial charge in [0.2, 0.25) is 0 Å². The maximum Gasteiger partial charge on any atom is 0.337 e.